The van der Waals surface area contributed by atoms with Gasteiger partial charge in [-0.15, -0.1) is 0 Å². The predicted octanol–water partition coefficient (Wildman–Crippen LogP) is 3.18. The van der Waals surface area contributed by atoms with Crippen molar-refractivity contribution in [2.75, 3.05) is 18.4 Å². The van der Waals surface area contributed by atoms with Gasteiger partial charge in [0.25, 0.3) is 5.91 Å². The largest absolute Gasteiger partial charge is 0.449 e. The number of nitrogens with zero attached hydrogens (tertiary/aromatic N) is 1. The molecule has 9 heteroatoms. The summed E-state index contributed by atoms with van der Waals surface area (Å²) in [6, 6.07) is 10.8. The lowest BCUT2D eigenvalue weighted by Gasteiger charge is -2.26. The van der Waals surface area contributed by atoms with Crippen molar-refractivity contribution in [3.8, 4) is 0 Å². The van der Waals surface area contributed by atoms with Crippen molar-refractivity contribution in [1.29, 1.82) is 0 Å². The Morgan fingerprint density at radius 1 is 1.07 bits per heavy atom. The minimum Gasteiger partial charge on any atom is -0.449 e. The Balaban J connectivity index is 1.67. The van der Waals surface area contributed by atoms with Crippen LogP contribution in [0.15, 0.2) is 53.4 Å². The van der Waals surface area contributed by atoms with Crippen LogP contribution in [0.1, 0.15) is 36.5 Å². The standard InChI is InChI=1S/C21H23FN2O5S/c1-15(20(25)23-18-10-8-17(22)9-11-18)29-21(26)16-6-5-7-19(14-16)30(27,28)24-12-3-2-4-13-24/h5-11,14-15H,2-4,12-13H2,1H3,(H,23,25)/t15-/m0/s1. The van der Waals surface area contributed by atoms with Crippen molar-refractivity contribution in [3.63, 3.8) is 0 Å². The number of halogens is 1. The van der Waals surface area contributed by atoms with Crippen LogP contribution in [0, 0.1) is 5.82 Å². The van der Waals surface area contributed by atoms with E-state index >= 15 is 0 Å². The zero-order valence-electron chi connectivity index (χ0n) is 16.5. The van der Waals surface area contributed by atoms with E-state index in [1.165, 1.54) is 59.8 Å². The highest BCUT2D eigenvalue weighted by Gasteiger charge is 2.27. The molecule has 0 unspecified atom stereocenters. The Labute approximate surface area is 174 Å². The molecule has 1 amide bonds. The lowest BCUT2D eigenvalue weighted by atomic mass is 10.2. The Hall–Kier alpha value is -2.78. The molecule has 0 aromatic heterocycles. The lowest BCUT2D eigenvalue weighted by molar-refractivity contribution is -0.123. The summed E-state index contributed by atoms with van der Waals surface area (Å²) in [6.07, 6.45) is 1.48. The van der Waals surface area contributed by atoms with Crippen LogP contribution in [0.2, 0.25) is 0 Å². The molecule has 2 aromatic carbocycles. The number of amides is 1. The van der Waals surface area contributed by atoms with E-state index in [2.05, 4.69) is 5.32 Å². The van der Waals surface area contributed by atoms with Gasteiger partial charge >= 0.3 is 5.97 Å². The van der Waals surface area contributed by atoms with E-state index in [1.807, 2.05) is 0 Å². The van der Waals surface area contributed by atoms with Crippen molar-refractivity contribution in [3.05, 3.63) is 59.9 Å². The first-order valence-corrected chi connectivity index (χ1v) is 11.1. The van der Waals surface area contributed by atoms with Gasteiger partial charge in [-0.2, -0.15) is 4.31 Å². The molecule has 0 spiro atoms. The zero-order chi connectivity index (χ0) is 21.7. The van der Waals surface area contributed by atoms with Crippen molar-refractivity contribution in [2.45, 2.75) is 37.2 Å². The number of esters is 1. The van der Waals surface area contributed by atoms with E-state index in [4.69, 9.17) is 4.74 Å². The number of rotatable bonds is 6. The number of hydrogen-bond acceptors (Lipinski definition) is 5. The van der Waals surface area contributed by atoms with Crippen LogP contribution in [-0.4, -0.2) is 43.8 Å². The van der Waals surface area contributed by atoms with E-state index in [1.54, 1.807) is 0 Å². The van der Waals surface area contributed by atoms with Gasteiger partial charge in [-0.3, -0.25) is 4.79 Å². The number of nitrogens with one attached hydrogen (secondary N) is 1. The summed E-state index contributed by atoms with van der Waals surface area (Å²) in [5, 5.41) is 2.52. The number of carbonyl (C=O) groups is 2. The Morgan fingerprint density at radius 3 is 2.40 bits per heavy atom. The highest BCUT2D eigenvalue weighted by molar-refractivity contribution is 7.89. The molecule has 0 bridgehead atoms. The van der Waals surface area contributed by atoms with E-state index in [-0.39, 0.29) is 10.5 Å². The Morgan fingerprint density at radius 2 is 1.73 bits per heavy atom. The summed E-state index contributed by atoms with van der Waals surface area (Å²) in [4.78, 5) is 24.7. The summed E-state index contributed by atoms with van der Waals surface area (Å²) < 4.78 is 45.1. The normalized spacial score (nSPS) is 15.9. The maximum absolute atomic E-state index is 12.9. The highest BCUT2D eigenvalue weighted by Crippen LogP contribution is 2.22. The number of carbonyl (C=O) groups excluding carboxylic acids is 2. The number of anilines is 1. The van der Waals surface area contributed by atoms with Crippen LogP contribution >= 0.6 is 0 Å². The molecule has 1 fully saturated rings. The number of ether oxygens (including phenoxy) is 1. The summed E-state index contributed by atoms with van der Waals surface area (Å²) in [7, 11) is -3.69. The average Bonchev–Trinajstić information content (AvgIpc) is 2.76. The smallest absolute Gasteiger partial charge is 0.338 e. The van der Waals surface area contributed by atoms with Crippen molar-refractivity contribution in [2.24, 2.45) is 0 Å². The third-order valence-electron chi connectivity index (χ3n) is 4.79. The first kappa shape index (κ1) is 21.9. The molecule has 160 valence electrons. The van der Waals surface area contributed by atoms with Gasteiger partial charge in [0, 0.05) is 18.8 Å². The van der Waals surface area contributed by atoms with Crippen LogP contribution < -0.4 is 5.32 Å². The fourth-order valence-electron chi connectivity index (χ4n) is 3.10. The fraction of sp³-hybridized carbons (Fsp3) is 0.333. The SMILES string of the molecule is C[C@H](OC(=O)c1cccc(S(=O)(=O)N2CCCCC2)c1)C(=O)Nc1ccc(F)cc1. The third kappa shape index (κ3) is 5.22. The molecule has 30 heavy (non-hydrogen) atoms. The second kappa shape index (κ2) is 9.36. The molecule has 1 aliphatic rings. The maximum Gasteiger partial charge on any atom is 0.338 e. The van der Waals surface area contributed by atoms with E-state index in [9.17, 15) is 22.4 Å². The third-order valence-corrected chi connectivity index (χ3v) is 6.68. The van der Waals surface area contributed by atoms with Crippen LogP contribution in [0.4, 0.5) is 10.1 Å². The van der Waals surface area contributed by atoms with Gasteiger partial charge in [0.2, 0.25) is 10.0 Å². The van der Waals surface area contributed by atoms with Gasteiger partial charge in [0.05, 0.1) is 10.5 Å². The number of sulfonamides is 1. The number of hydrogen-bond donors (Lipinski definition) is 1. The Kier molecular flexibility index (Phi) is 6.84. The number of piperidine rings is 1. The lowest BCUT2D eigenvalue weighted by Crippen LogP contribution is -2.35. The van der Waals surface area contributed by atoms with Crippen molar-refractivity contribution in [1.82, 2.24) is 4.31 Å². The van der Waals surface area contributed by atoms with Crippen LogP contribution in [0.3, 0.4) is 0 Å². The van der Waals surface area contributed by atoms with Gasteiger partial charge in [-0.1, -0.05) is 12.5 Å². The molecule has 0 radical (unpaired) electrons. The molecule has 1 N–H and O–H groups in total. The van der Waals surface area contributed by atoms with Gasteiger partial charge < -0.3 is 10.1 Å². The summed E-state index contributed by atoms with van der Waals surface area (Å²) in [5.74, 6) is -1.84. The van der Waals surface area contributed by atoms with E-state index in [0.717, 1.165) is 19.3 Å². The molecule has 7 nitrogen and oxygen atoms in total. The van der Waals surface area contributed by atoms with Crippen LogP contribution in [-0.2, 0) is 19.6 Å². The second-order valence-electron chi connectivity index (χ2n) is 7.04. The molecule has 1 atom stereocenters. The first-order valence-electron chi connectivity index (χ1n) is 9.65. The van der Waals surface area contributed by atoms with Crippen molar-refractivity contribution < 1.29 is 27.1 Å². The van der Waals surface area contributed by atoms with Crippen molar-refractivity contribution >= 4 is 27.6 Å². The Bertz CT molecular complexity index is 1020. The fourth-order valence-corrected chi connectivity index (χ4v) is 4.66. The number of benzene rings is 2. The highest BCUT2D eigenvalue weighted by atomic mass is 32.2. The second-order valence-corrected chi connectivity index (χ2v) is 8.97. The molecule has 0 aliphatic carbocycles. The molecule has 2 aromatic rings. The minimum atomic E-state index is -3.69. The quantitative estimate of drug-likeness (QED) is 0.705. The predicted molar refractivity (Wildman–Crippen MR) is 109 cm³/mol. The van der Waals surface area contributed by atoms with Gasteiger partial charge in [-0.05, 0) is 62.2 Å². The van der Waals surface area contributed by atoms with Gasteiger partial charge in [0.15, 0.2) is 6.10 Å². The van der Waals surface area contributed by atoms with Gasteiger partial charge in [0.1, 0.15) is 5.82 Å². The monoisotopic (exact) mass is 434 g/mol. The molecule has 3 rings (SSSR count). The topological polar surface area (TPSA) is 92.8 Å². The summed E-state index contributed by atoms with van der Waals surface area (Å²) in [6.45, 7) is 2.31. The maximum atomic E-state index is 12.9. The van der Waals surface area contributed by atoms with E-state index in [0.29, 0.717) is 18.8 Å². The average molecular weight is 434 g/mol. The van der Waals surface area contributed by atoms with Gasteiger partial charge in [-0.25, -0.2) is 17.6 Å². The molecule has 1 aliphatic heterocycles. The zero-order valence-corrected chi connectivity index (χ0v) is 17.3. The summed E-state index contributed by atoms with van der Waals surface area (Å²) in [5.41, 5.74) is 0.397. The summed E-state index contributed by atoms with van der Waals surface area (Å²) >= 11 is 0. The first-order chi connectivity index (χ1) is 14.3. The molecular formula is C21H23FN2O5S. The van der Waals surface area contributed by atoms with Crippen LogP contribution in [0.5, 0.6) is 0 Å². The van der Waals surface area contributed by atoms with Crippen LogP contribution in [0.25, 0.3) is 0 Å². The molecule has 0 saturated carbocycles. The molecule has 1 heterocycles. The molecule has 1 saturated heterocycles. The molecular weight excluding hydrogens is 411 g/mol. The van der Waals surface area contributed by atoms with E-state index < -0.39 is 33.8 Å². The minimum absolute atomic E-state index is 0.0160.